The Morgan fingerprint density at radius 3 is 2.59 bits per heavy atom. The number of halogens is 1. The van der Waals surface area contributed by atoms with Gasteiger partial charge in [-0.25, -0.2) is 9.18 Å². The Balaban J connectivity index is 2.61. The fraction of sp³-hybridized carbons (Fsp3) is 0.462. The quantitative estimate of drug-likeness (QED) is 0.634. The SMILES string of the molecule is CCC(CC)COC(=O)c1ccc(N)c(F)c1. The van der Waals surface area contributed by atoms with Gasteiger partial charge >= 0.3 is 5.97 Å². The molecule has 0 spiro atoms. The second-order valence-corrected chi connectivity index (χ2v) is 4.02. The van der Waals surface area contributed by atoms with Crippen molar-refractivity contribution in [1.29, 1.82) is 0 Å². The zero-order chi connectivity index (χ0) is 12.8. The molecule has 1 aromatic carbocycles. The maximum absolute atomic E-state index is 13.1. The number of ether oxygens (including phenoxy) is 1. The van der Waals surface area contributed by atoms with Crippen molar-refractivity contribution < 1.29 is 13.9 Å². The van der Waals surface area contributed by atoms with Gasteiger partial charge < -0.3 is 10.5 Å². The van der Waals surface area contributed by atoms with E-state index < -0.39 is 11.8 Å². The Morgan fingerprint density at radius 1 is 1.41 bits per heavy atom. The number of esters is 1. The van der Waals surface area contributed by atoms with E-state index in [4.69, 9.17) is 10.5 Å². The van der Waals surface area contributed by atoms with Crippen LogP contribution in [0.15, 0.2) is 18.2 Å². The molecule has 0 amide bonds. The molecule has 0 saturated carbocycles. The van der Waals surface area contributed by atoms with Crippen LogP contribution >= 0.6 is 0 Å². The van der Waals surface area contributed by atoms with Crippen molar-refractivity contribution >= 4 is 11.7 Å². The van der Waals surface area contributed by atoms with Crippen molar-refractivity contribution in [2.75, 3.05) is 12.3 Å². The smallest absolute Gasteiger partial charge is 0.338 e. The first-order valence-electron chi connectivity index (χ1n) is 5.80. The highest BCUT2D eigenvalue weighted by molar-refractivity contribution is 5.89. The molecule has 0 aliphatic rings. The lowest BCUT2D eigenvalue weighted by atomic mass is 10.1. The van der Waals surface area contributed by atoms with Crippen LogP contribution in [0.3, 0.4) is 0 Å². The molecule has 0 fully saturated rings. The minimum atomic E-state index is -0.595. The third kappa shape index (κ3) is 3.73. The summed E-state index contributed by atoms with van der Waals surface area (Å²) in [5.41, 5.74) is 5.55. The monoisotopic (exact) mass is 239 g/mol. The van der Waals surface area contributed by atoms with Crippen LogP contribution < -0.4 is 5.73 Å². The Hall–Kier alpha value is -1.58. The van der Waals surface area contributed by atoms with E-state index >= 15 is 0 Å². The molecule has 1 rings (SSSR count). The summed E-state index contributed by atoms with van der Waals surface area (Å²) in [6, 6.07) is 3.93. The summed E-state index contributed by atoms with van der Waals surface area (Å²) in [4.78, 5) is 11.6. The van der Waals surface area contributed by atoms with Gasteiger partial charge in [0.15, 0.2) is 0 Å². The van der Waals surface area contributed by atoms with Crippen LogP contribution in [0.5, 0.6) is 0 Å². The standard InChI is InChI=1S/C13H18FNO2/c1-3-9(4-2)8-17-13(16)10-5-6-12(15)11(14)7-10/h5-7,9H,3-4,8,15H2,1-2H3. The van der Waals surface area contributed by atoms with Crippen LogP contribution in [-0.4, -0.2) is 12.6 Å². The van der Waals surface area contributed by atoms with Crippen LogP contribution in [0.2, 0.25) is 0 Å². The van der Waals surface area contributed by atoms with E-state index in [0.717, 1.165) is 18.9 Å². The average Bonchev–Trinajstić information content (AvgIpc) is 2.33. The Morgan fingerprint density at radius 2 is 2.06 bits per heavy atom. The van der Waals surface area contributed by atoms with Gasteiger partial charge in [-0.1, -0.05) is 26.7 Å². The molecule has 1 aromatic rings. The Labute approximate surface area is 101 Å². The van der Waals surface area contributed by atoms with E-state index in [-0.39, 0.29) is 11.3 Å². The summed E-state index contributed by atoms with van der Waals surface area (Å²) in [5, 5.41) is 0. The third-order valence-corrected chi connectivity index (χ3v) is 2.84. The van der Waals surface area contributed by atoms with E-state index in [2.05, 4.69) is 0 Å². The molecular formula is C13H18FNO2. The largest absolute Gasteiger partial charge is 0.462 e. The zero-order valence-corrected chi connectivity index (χ0v) is 10.2. The lowest BCUT2D eigenvalue weighted by molar-refractivity contribution is 0.0432. The predicted molar refractivity (Wildman–Crippen MR) is 65.2 cm³/mol. The molecule has 0 aromatic heterocycles. The van der Waals surface area contributed by atoms with E-state index in [1.165, 1.54) is 12.1 Å². The second kappa shape index (κ2) is 6.23. The number of rotatable bonds is 5. The van der Waals surface area contributed by atoms with Gasteiger partial charge in [-0.3, -0.25) is 0 Å². The first-order chi connectivity index (χ1) is 8.08. The van der Waals surface area contributed by atoms with Gasteiger partial charge in [-0.05, 0) is 24.1 Å². The van der Waals surface area contributed by atoms with Crippen LogP contribution in [0.25, 0.3) is 0 Å². The van der Waals surface area contributed by atoms with E-state index in [9.17, 15) is 9.18 Å². The van der Waals surface area contributed by atoms with Gasteiger partial charge in [0, 0.05) is 0 Å². The fourth-order valence-corrected chi connectivity index (χ4v) is 1.46. The van der Waals surface area contributed by atoms with Gasteiger partial charge in [-0.15, -0.1) is 0 Å². The number of carbonyl (C=O) groups excluding carboxylic acids is 1. The predicted octanol–water partition coefficient (Wildman–Crippen LogP) is 3.00. The maximum Gasteiger partial charge on any atom is 0.338 e. The third-order valence-electron chi connectivity index (χ3n) is 2.84. The summed E-state index contributed by atoms with van der Waals surface area (Å²) in [6.07, 6.45) is 1.92. The van der Waals surface area contributed by atoms with Gasteiger partial charge in [-0.2, -0.15) is 0 Å². The molecule has 3 nitrogen and oxygen atoms in total. The lowest BCUT2D eigenvalue weighted by Gasteiger charge is -2.12. The average molecular weight is 239 g/mol. The highest BCUT2D eigenvalue weighted by Gasteiger charge is 2.12. The number of benzene rings is 1. The molecule has 17 heavy (non-hydrogen) atoms. The summed E-state index contributed by atoms with van der Waals surface area (Å²) < 4.78 is 18.3. The molecule has 0 unspecified atom stereocenters. The van der Waals surface area contributed by atoms with Crippen molar-refractivity contribution in [2.24, 2.45) is 5.92 Å². The Kier molecular flexibility index (Phi) is 4.94. The first-order valence-corrected chi connectivity index (χ1v) is 5.80. The number of carbonyl (C=O) groups is 1. The van der Waals surface area contributed by atoms with Gasteiger partial charge in [0.25, 0.3) is 0 Å². The first kappa shape index (κ1) is 13.5. The van der Waals surface area contributed by atoms with Crippen LogP contribution in [0.1, 0.15) is 37.0 Å². The minimum Gasteiger partial charge on any atom is -0.462 e. The van der Waals surface area contributed by atoms with Gasteiger partial charge in [0.1, 0.15) is 5.82 Å². The maximum atomic E-state index is 13.1. The van der Waals surface area contributed by atoms with Crippen molar-refractivity contribution in [3.63, 3.8) is 0 Å². The summed E-state index contributed by atoms with van der Waals surface area (Å²) in [5.74, 6) is -0.740. The molecule has 0 aliphatic carbocycles. The summed E-state index contributed by atoms with van der Waals surface area (Å²) in [6.45, 7) is 4.47. The molecule has 0 radical (unpaired) electrons. The van der Waals surface area contributed by atoms with Gasteiger partial charge in [0.2, 0.25) is 0 Å². The number of hydrogen-bond donors (Lipinski definition) is 1. The molecule has 0 bridgehead atoms. The molecule has 2 N–H and O–H groups in total. The van der Waals surface area contributed by atoms with Crippen LogP contribution in [0, 0.1) is 11.7 Å². The molecule has 0 saturated heterocycles. The van der Waals surface area contributed by atoms with Crippen molar-refractivity contribution in [3.8, 4) is 0 Å². The number of nitrogens with two attached hydrogens (primary N) is 1. The molecule has 4 heteroatoms. The highest BCUT2D eigenvalue weighted by Crippen LogP contribution is 2.14. The number of nitrogen functional groups attached to an aromatic ring is 1. The highest BCUT2D eigenvalue weighted by atomic mass is 19.1. The summed E-state index contributed by atoms with van der Waals surface area (Å²) >= 11 is 0. The molecule has 94 valence electrons. The lowest BCUT2D eigenvalue weighted by Crippen LogP contribution is -2.13. The normalized spacial score (nSPS) is 10.6. The topological polar surface area (TPSA) is 52.3 Å². The van der Waals surface area contributed by atoms with Crippen LogP contribution in [-0.2, 0) is 4.74 Å². The zero-order valence-electron chi connectivity index (χ0n) is 10.2. The molecule has 0 aliphatic heterocycles. The van der Waals surface area contributed by atoms with E-state index in [0.29, 0.717) is 12.5 Å². The van der Waals surface area contributed by atoms with E-state index in [1.807, 2.05) is 13.8 Å². The van der Waals surface area contributed by atoms with Crippen molar-refractivity contribution in [2.45, 2.75) is 26.7 Å². The van der Waals surface area contributed by atoms with Crippen LogP contribution in [0.4, 0.5) is 10.1 Å². The molecular weight excluding hydrogens is 221 g/mol. The minimum absolute atomic E-state index is 0.0292. The fourth-order valence-electron chi connectivity index (χ4n) is 1.46. The number of anilines is 1. The summed E-state index contributed by atoms with van der Waals surface area (Å²) in [7, 11) is 0. The van der Waals surface area contributed by atoms with Crippen molar-refractivity contribution in [1.82, 2.24) is 0 Å². The van der Waals surface area contributed by atoms with Gasteiger partial charge in [0.05, 0.1) is 17.9 Å². The second-order valence-electron chi connectivity index (χ2n) is 4.02. The Bertz CT molecular complexity index is 389. The molecule has 0 atom stereocenters. The van der Waals surface area contributed by atoms with E-state index in [1.54, 1.807) is 0 Å². The van der Waals surface area contributed by atoms with Crippen molar-refractivity contribution in [3.05, 3.63) is 29.6 Å². The molecule has 0 heterocycles. The number of hydrogen-bond acceptors (Lipinski definition) is 3.